The molecule has 1 heterocycles. The third-order valence-corrected chi connectivity index (χ3v) is 3.77. The molecular formula is C15H21NO5. The molecule has 0 aromatic heterocycles. The third-order valence-electron chi connectivity index (χ3n) is 3.77. The summed E-state index contributed by atoms with van der Waals surface area (Å²) in [6, 6.07) is 4.50. The third kappa shape index (κ3) is 3.65. The molecule has 0 spiro atoms. The molecule has 0 aliphatic carbocycles. The van der Waals surface area contributed by atoms with Crippen LogP contribution in [0.25, 0.3) is 0 Å². The highest BCUT2D eigenvalue weighted by molar-refractivity contribution is 5.71. The number of carboxylic acids is 1. The minimum absolute atomic E-state index is 0.159. The zero-order valence-electron chi connectivity index (χ0n) is 12.0. The summed E-state index contributed by atoms with van der Waals surface area (Å²) in [4.78, 5) is 13.4. The van der Waals surface area contributed by atoms with Gasteiger partial charge in [0, 0.05) is 12.6 Å². The van der Waals surface area contributed by atoms with Crippen LogP contribution in [0.4, 0.5) is 0 Å². The highest BCUT2D eigenvalue weighted by atomic mass is 16.5. The molecule has 1 aromatic rings. The molecule has 1 aromatic carbocycles. The second-order valence-corrected chi connectivity index (χ2v) is 5.34. The standard InChI is InChI=1S/C15H21NO5/c1-2-5-16(12-9-21-8-11(12)15(19)20)7-10-3-4-13(17)14(18)6-10/h3-4,6,11-12,17-18H,2,5,7-9H2,1H3,(H,19,20). The van der Waals surface area contributed by atoms with Crippen LogP contribution in [-0.2, 0) is 16.1 Å². The number of carboxylic acid groups (broad SMARTS) is 1. The molecule has 21 heavy (non-hydrogen) atoms. The van der Waals surface area contributed by atoms with Gasteiger partial charge in [-0.3, -0.25) is 9.69 Å². The van der Waals surface area contributed by atoms with Crippen molar-refractivity contribution in [1.29, 1.82) is 0 Å². The largest absolute Gasteiger partial charge is 0.504 e. The molecule has 3 N–H and O–H groups in total. The van der Waals surface area contributed by atoms with Gasteiger partial charge in [0.05, 0.1) is 19.1 Å². The van der Waals surface area contributed by atoms with Gasteiger partial charge in [-0.1, -0.05) is 13.0 Å². The van der Waals surface area contributed by atoms with Gasteiger partial charge < -0.3 is 20.1 Å². The van der Waals surface area contributed by atoms with E-state index in [1.54, 1.807) is 6.07 Å². The number of carbonyl (C=O) groups is 1. The maximum absolute atomic E-state index is 11.3. The zero-order valence-corrected chi connectivity index (χ0v) is 12.0. The molecule has 2 rings (SSSR count). The fraction of sp³-hybridized carbons (Fsp3) is 0.533. The molecule has 0 saturated carbocycles. The fourth-order valence-corrected chi connectivity index (χ4v) is 2.69. The summed E-state index contributed by atoms with van der Waals surface area (Å²) in [5.74, 6) is -1.69. The quantitative estimate of drug-likeness (QED) is 0.687. The van der Waals surface area contributed by atoms with Gasteiger partial charge in [-0.15, -0.1) is 0 Å². The first-order valence-corrected chi connectivity index (χ1v) is 7.08. The van der Waals surface area contributed by atoms with E-state index in [4.69, 9.17) is 4.74 Å². The highest BCUT2D eigenvalue weighted by Gasteiger charge is 2.37. The summed E-state index contributed by atoms with van der Waals surface area (Å²) in [5.41, 5.74) is 0.829. The van der Waals surface area contributed by atoms with Crippen LogP contribution in [0.2, 0.25) is 0 Å². The van der Waals surface area contributed by atoms with Crippen LogP contribution in [-0.4, -0.2) is 52.0 Å². The number of nitrogens with zero attached hydrogens (tertiary/aromatic N) is 1. The van der Waals surface area contributed by atoms with Crippen molar-refractivity contribution in [3.8, 4) is 11.5 Å². The molecule has 0 bridgehead atoms. The van der Waals surface area contributed by atoms with E-state index < -0.39 is 11.9 Å². The monoisotopic (exact) mass is 295 g/mol. The summed E-state index contributed by atoms with van der Waals surface area (Å²) in [6.07, 6.45) is 0.896. The Kier molecular flexibility index (Phi) is 5.03. The average Bonchev–Trinajstić information content (AvgIpc) is 2.92. The normalized spacial score (nSPS) is 21.8. The van der Waals surface area contributed by atoms with Crippen molar-refractivity contribution in [2.24, 2.45) is 5.92 Å². The number of aliphatic carboxylic acids is 1. The minimum Gasteiger partial charge on any atom is -0.504 e. The van der Waals surface area contributed by atoms with Crippen LogP contribution in [0, 0.1) is 5.92 Å². The number of ether oxygens (including phenoxy) is 1. The lowest BCUT2D eigenvalue weighted by molar-refractivity contribution is -0.143. The van der Waals surface area contributed by atoms with E-state index in [2.05, 4.69) is 4.90 Å². The number of hydrogen-bond acceptors (Lipinski definition) is 5. The van der Waals surface area contributed by atoms with E-state index in [1.807, 2.05) is 6.92 Å². The van der Waals surface area contributed by atoms with Crippen LogP contribution < -0.4 is 0 Å². The summed E-state index contributed by atoms with van der Waals surface area (Å²) < 4.78 is 5.33. The van der Waals surface area contributed by atoms with Crippen molar-refractivity contribution in [3.05, 3.63) is 23.8 Å². The van der Waals surface area contributed by atoms with Crippen molar-refractivity contribution >= 4 is 5.97 Å². The number of aromatic hydroxyl groups is 2. The summed E-state index contributed by atoms with van der Waals surface area (Å²) in [6.45, 7) is 3.94. The molecule has 0 radical (unpaired) electrons. The first kappa shape index (κ1) is 15.6. The molecule has 116 valence electrons. The van der Waals surface area contributed by atoms with Gasteiger partial charge in [-0.2, -0.15) is 0 Å². The van der Waals surface area contributed by atoms with Crippen LogP contribution >= 0.6 is 0 Å². The lowest BCUT2D eigenvalue weighted by Crippen LogP contribution is -2.43. The number of benzene rings is 1. The smallest absolute Gasteiger partial charge is 0.310 e. The number of phenols is 2. The molecule has 1 fully saturated rings. The molecule has 6 nitrogen and oxygen atoms in total. The molecule has 6 heteroatoms. The second kappa shape index (κ2) is 6.78. The molecule has 1 saturated heterocycles. The minimum atomic E-state index is -0.841. The number of phenolic OH excluding ortho intramolecular Hbond substituents is 2. The zero-order chi connectivity index (χ0) is 15.4. The van der Waals surface area contributed by atoms with Crippen molar-refractivity contribution in [1.82, 2.24) is 4.90 Å². The van der Waals surface area contributed by atoms with Gasteiger partial charge in [0.1, 0.15) is 0 Å². The Morgan fingerprint density at radius 2 is 2.10 bits per heavy atom. The molecule has 1 aliphatic heterocycles. The SMILES string of the molecule is CCCN(Cc1ccc(O)c(O)c1)C1COCC1C(=O)O. The van der Waals surface area contributed by atoms with Crippen LogP contribution in [0.15, 0.2) is 18.2 Å². The summed E-state index contributed by atoms with van der Waals surface area (Å²) >= 11 is 0. The fourth-order valence-electron chi connectivity index (χ4n) is 2.69. The van der Waals surface area contributed by atoms with Crippen molar-refractivity contribution in [2.75, 3.05) is 19.8 Å². The maximum atomic E-state index is 11.3. The van der Waals surface area contributed by atoms with Gasteiger partial charge in [-0.25, -0.2) is 0 Å². The van der Waals surface area contributed by atoms with Crippen LogP contribution in [0.3, 0.4) is 0 Å². The number of hydrogen-bond donors (Lipinski definition) is 3. The Balaban J connectivity index is 2.14. The average molecular weight is 295 g/mol. The second-order valence-electron chi connectivity index (χ2n) is 5.34. The Hall–Kier alpha value is -1.79. The van der Waals surface area contributed by atoms with Crippen LogP contribution in [0.1, 0.15) is 18.9 Å². The molecular weight excluding hydrogens is 274 g/mol. The Labute approximate surface area is 123 Å². The van der Waals surface area contributed by atoms with Gasteiger partial charge in [-0.05, 0) is 30.7 Å². The molecule has 0 amide bonds. The van der Waals surface area contributed by atoms with E-state index >= 15 is 0 Å². The van der Waals surface area contributed by atoms with Crippen LogP contribution in [0.5, 0.6) is 11.5 Å². The van der Waals surface area contributed by atoms with Gasteiger partial charge in [0.2, 0.25) is 0 Å². The summed E-state index contributed by atoms with van der Waals surface area (Å²) in [5, 5.41) is 28.2. The van der Waals surface area contributed by atoms with Gasteiger partial charge in [0.25, 0.3) is 0 Å². The van der Waals surface area contributed by atoms with E-state index in [9.17, 15) is 20.1 Å². The molecule has 2 atom stereocenters. The summed E-state index contributed by atoms with van der Waals surface area (Å²) in [7, 11) is 0. The Morgan fingerprint density at radius 1 is 1.33 bits per heavy atom. The molecule has 1 aliphatic rings. The van der Waals surface area contributed by atoms with E-state index in [0.29, 0.717) is 13.2 Å². The number of rotatable bonds is 6. The van der Waals surface area contributed by atoms with E-state index in [1.165, 1.54) is 12.1 Å². The van der Waals surface area contributed by atoms with Crippen molar-refractivity contribution < 1.29 is 24.9 Å². The first-order chi connectivity index (χ1) is 10.0. The Morgan fingerprint density at radius 3 is 2.71 bits per heavy atom. The first-order valence-electron chi connectivity index (χ1n) is 7.08. The van der Waals surface area contributed by atoms with E-state index in [0.717, 1.165) is 18.5 Å². The maximum Gasteiger partial charge on any atom is 0.310 e. The topological polar surface area (TPSA) is 90.2 Å². The van der Waals surface area contributed by atoms with Crippen molar-refractivity contribution in [2.45, 2.75) is 25.9 Å². The van der Waals surface area contributed by atoms with Crippen molar-refractivity contribution in [3.63, 3.8) is 0 Å². The van der Waals surface area contributed by atoms with Gasteiger partial charge in [0.15, 0.2) is 11.5 Å². The molecule has 2 unspecified atom stereocenters. The predicted molar refractivity (Wildman–Crippen MR) is 76.2 cm³/mol. The highest BCUT2D eigenvalue weighted by Crippen LogP contribution is 2.27. The predicted octanol–water partition coefficient (Wildman–Crippen LogP) is 1.41. The lowest BCUT2D eigenvalue weighted by atomic mass is 10.0. The van der Waals surface area contributed by atoms with Gasteiger partial charge >= 0.3 is 5.97 Å². The Bertz CT molecular complexity index is 505. The van der Waals surface area contributed by atoms with E-state index in [-0.39, 0.29) is 24.1 Å². The lowest BCUT2D eigenvalue weighted by Gasteiger charge is -2.30.